The molecule has 0 N–H and O–H groups in total. The Hall–Kier alpha value is -2.35. The quantitative estimate of drug-likeness (QED) is 0.678. The molecule has 1 aromatic heterocycles. The number of rotatable bonds is 3. The van der Waals surface area contributed by atoms with Crippen molar-refractivity contribution in [3.63, 3.8) is 0 Å². The van der Waals surface area contributed by atoms with Crippen molar-refractivity contribution in [2.45, 2.75) is 6.54 Å². The first-order valence-electron chi connectivity index (χ1n) is 5.95. The van der Waals surface area contributed by atoms with Gasteiger partial charge in [0, 0.05) is 18.9 Å². The van der Waals surface area contributed by atoms with Gasteiger partial charge in [0.1, 0.15) is 0 Å². The highest BCUT2D eigenvalue weighted by Gasteiger charge is 2.04. The van der Waals surface area contributed by atoms with Crippen molar-refractivity contribution in [1.82, 2.24) is 9.55 Å². The third-order valence-electron chi connectivity index (χ3n) is 2.95. The fraction of sp³-hybridized carbons (Fsp3) is 0.0625. The summed E-state index contributed by atoms with van der Waals surface area (Å²) in [6, 6.07) is 18.9. The normalized spacial score (nSPS) is 10.4. The molecule has 0 aliphatic heterocycles. The predicted octanol–water partition coefficient (Wildman–Crippen LogP) is 3.40. The highest BCUT2D eigenvalue weighted by molar-refractivity contribution is 5.67. The summed E-state index contributed by atoms with van der Waals surface area (Å²) in [5, 5.41) is 0. The third kappa shape index (κ3) is 2.18. The molecule has 0 saturated heterocycles. The standard InChI is InChI=1S/C16H13N2/c1-2-6-14(7-3-1)16-9-5-4-8-15(16)12-18-11-10-17-13-18/h1-11H,12H2. The average molecular weight is 233 g/mol. The Kier molecular flexibility index (Phi) is 2.92. The van der Waals surface area contributed by atoms with Crippen molar-refractivity contribution in [3.05, 3.63) is 78.9 Å². The molecule has 2 aromatic carbocycles. The molecule has 0 unspecified atom stereocenters. The van der Waals surface area contributed by atoms with Crippen LogP contribution in [0.3, 0.4) is 0 Å². The highest BCUT2D eigenvalue weighted by atomic mass is 15.0. The van der Waals surface area contributed by atoms with E-state index in [1.807, 2.05) is 16.8 Å². The topological polar surface area (TPSA) is 17.8 Å². The van der Waals surface area contributed by atoms with Crippen LogP contribution in [0.2, 0.25) is 0 Å². The SMILES string of the molecule is [c]1nccn1Cc1ccccc1-c1ccccc1. The largest absolute Gasteiger partial charge is 0.324 e. The maximum Gasteiger partial charge on any atom is 0.176 e. The van der Waals surface area contributed by atoms with E-state index in [0.29, 0.717) is 0 Å². The minimum atomic E-state index is 0.797. The molecule has 0 atom stereocenters. The van der Waals surface area contributed by atoms with E-state index in [2.05, 4.69) is 59.8 Å². The number of aromatic nitrogens is 2. The number of benzene rings is 2. The van der Waals surface area contributed by atoms with Gasteiger partial charge in [0.05, 0.1) is 0 Å². The van der Waals surface area contributed by atoms with Gasteiger partial charge in [0.15, 0.2) is 6.33 Å². The summed E-state index contributed by atoms with van der Waals surface area (Å²) in [5.41, 5.74) is 3.78. The Morgan fingerprint density at radius 3 is 2.50 bits per heavy atom. The molecular weight excluding hydrogens is 220 g/mol. The van der Waals surface area contributed by atoms with Crippen LogP contribution in [0.5, 0.6) is 0 Å². The molecule has 2 heteroatoms. The molecule has 0 saturated carbocycles. The first kappa shape index (κ1) is 10.8. The zero-order chi connectivity index (χ0) is 12.2. The number of hydrogen-bond donors (Lipinski definition) is 0. The second-order valence-electron chi connectivity index (χ2n) is 4.18. The molecule has 0 fully saturated rings. The summed E-state index contributed by atoms with van der Waals surface area (Å²) >= 11 is 0. The molecule has 0 spiro atoms. The van der Waals surface area contributed by atoms with Crippen LogP contribution in [0.1, 0.15) is 5.56 Å². The van der Waals surface area contributed by atoms with Gasteiger partial charge < -0.3 is 4.57 Å². The van der Waals surface area contributed by atoms with Gasteiger partial charge in [-0.05, 0) is 16.7 Å². The maximum absolute atomic E-state index is 3.96. The van der Waals surface area contributed by atoms with Crippen LogP contribution >= 0.6 is 0 Å². The van der Waals surface area contributed by atoms with Gasteiger partial charge in [-0.25, -0.2) is 4.98 Å². The smallest absolute Gasteiger partial charge is 0.176 e. The van der Waals surface area contributed by atoms with Crippen LogP contribution in [0, 0.1) is 6.33 Å². The number of imidazole rings is 1. The van der Waals surface area contributed by atoms with Crippen molar-refractivity contribution in [3.8, 4) is 11.1 Å². The van der Waals surface area contributed by atoms with Crippen molar-refractivity contribution in [2.75, 3.05) is 0 Å². The Morgan fingerprint density at radius 2 is 1.72 bits per heavy atom. The second kappa shape index (κ2) is 4.88. The van der Waals surface area contributed by atoms with E-state index in [1.165, 1.54) is 16.7 Å². The summed E-state index contributed by atoms with van der Waals surface area (Å²) in [7, 11) is 0. The fourth-order valence-corrected chi connectivity index (χ4v) is 2.08. The minimum absolute atomic E-state index is 0.797. The van der Waals surface area contributed by atoms with E-state index in [4.69, 9.17) is 0 Å². The number of nitrogens with zero attached hydrogens (tertiary/aromatic N) is 2. The minimum Gasteiger partial charge on any atom is -0.324 e. The maximum atomic E-state index is 3.96. The molecule has 2 nitrogen and oxygen atoms in total. The van der Waals surface area contributed by atoms with Crippen molar-refractivity contribution in [2.24, 2.45) is 0 Å². The molecule has 3 rings (SSSR count). The lowest BCUT2D eigenvalue weighted by molar-refractivity contribution is 0.791. The molecule has 0 bridgehead atoms. The lowest BCUT2D eigenvalue weighted by atomic mass is 10.00. The lowest BCUT2D eigenvalue weighted by Crippen LogP contribution is -1.98. The lowest BCUT2D eigenvalue weighted by Gasteiger charge is -2.09. The molecule has 0 amide bonds. The van der Waals surface area contributed by atoms with Gasteiger partial charge in [-0.1, -0.05) is 54.6 Å². The van der Waals surface area contributed by atoms with Crippen molar-refractivity contribution in [1.29, 1.82) is 0 Å². The molecular formula is C16H13N2. The summed E-state index contributed by atoms with van der Waals surface area (Å²) in [6.07, 6.45) is 6.62. The average Bonchev–Trinajstić information content (AvgIpc) is 2.93. The molecule has 87 valence electrons. The van der Waals surface area contributed by atoms with Gasteiger partial charge in [-0.3, -0.25) is 0 Å². The van der Waals surface area contributed by atoms with E-state index in [9.17, 15) is 0 Å². The highest BCUT2D eigenvalue weighted by Crippen LogP contribution is 2.23. The fourth-order valence-electron chi connectivity index (χ4n) is 2.08. The Labute approximate surface area is 107 Å². The number of hydrogen-bond acceptors (Lipinski definition) is 1. The third-order valence-corrected chi connectivity index (χ3v) is 2.95. The molecule has 1 radical (unpaired) electrons. The van der Waals surface area contributed by atoms with Crippen molar-refractivity contribution >= 4 is 0 Å². The van der Waals surface area contributed by atoms with Crippen molar-refractivity contribution < 1.29 is 0 Å². The molecule has 18 heavy (non-hydrogen) atoms. The molecule has 0 aliphatic rings. The van der Waals surface area contributed by atoms with Gasteiger partial charge in [-0.2, -0.15) is 0 Å². The van der Waals surface area contributed by atoms with Crippen LogP contribution in [0.25, 0.3) is 11.1 Å². The van der Waals surface area contributed by atoms with Gasteiger partial charge in [0.2, 0.25) is 0 Å². The summed E-state index contributed by atoms with van der Waals surface area (Å²) < 4.78 is 1.96. The summed E-state index contributed by atoms with van der Waals surface area (Å²) in [6.45, 7) is 0.797. The molecule has 3 aromatic rings. The van der Waals surface area contributed by atoms with Crippen LogP contribution in [0.15, 0.2) is 67.0 Å². The van der Waals surface area contributed by atoms with Gasteiger partial charge >= 0.3 is 0 Å². The summed E-state index contributed by atoms with van der Waals surface area (Å²) in [5.74, 6) is 0. The van der Waals surface area contributed by atoms with Crippen LogP contribution in [-0.2, 0) is 6.54 Å². The zero-order valence-corrected chi connectivity index (χ0v) is 9.95. The Balaban J connectivity index is 2.00. The van der Waals surface area contributed by atoms with Gasteiger partial charge in [-0.15, -0.1) is 0 Å². The van der Waals surface area contributed by atoms with Gasteiger partial charge in [0.25, 0.3) is 0 Å². The van der Waals surface area contributed by atoms with Crippen LogP contribution in [-0.4, -0.2) is 9.55 Å². The Morgan fingerprint density at radius 1 is 0.944 bits per heavy atom. The zero-order valence-electron chi connectivity index (χ0n) is 9.95. The van der Waals surface area contributed by atoms with E-state index in [0.717, 1.165) is 6.54 Å². The monoisotopic (exact) mass is 233 g/mol. The summed E-state index contributed by atoms with van der Waals surface area (Å²) in [4.78, 5) is 3.96. The van der Waals surface area contributed by atoms with E-state index in [1.54, 1.807) is 6.20 Å². The van der Waals surface area contributed by atoms with E-state index < -0.39 is 0 Å². The first-order chi connectivity index (χ1) is 8.93. The predicted molar refractivity (Wildman–Crippen MR) is 72.0 cm³/mol. The molecule has 0 aliphatic carbocycles. The Bertz CT molecular complexity index is 613. The van der Waals surface area contributed by atoms with E-state index >= 15 is 0 Å². The second-order valence-corrected chi connectivity index (χ2v) is 4.18. The van der Waals surface area contributed by atoms with E-state index in [-0.39, 0.29) is 0 Å². The van der Waals surface area contributed by atoms with Crippen LogP contribution < -0.4 is 0 Å². The van der Waals surface area contributed by atoms with Crippen LogP contribution in [0.4, 0.5) is 0 Å². The first-order valence-corrected chi connectivity index (χ1v) is 5.95. The molecule has 1 heterocycles.